The zero-order valence-corrected chi connectivity index (χ0v) is 9.91. The highest BCUT2D eigenvalue weighted by Gasteiger charge is 2.08. The molecule has 2 rings (SSSR count). The lowest BCUT2D eigenvalue weighted by atomic mass is 10.1. The Morgan fingerprint density at radius 1 is 1.38 bits per heavy atom. The molecular weight excluding hydrogens is 222 g/mol. The minimum Gasteiger partial charge on any atom is -0.399 e. The minimum absolute atomic E-state index is 0.665. The van der Waals surface area contributed by atoms with E-state index in [0.717, 1.165) is 24.2 Å². The smallest absolute Gasteiger partial charge is 0.0697 e. The largest absolute Gasteiger partial charge is 0.399 e. The number of benzene rings is 1. The van der Waals surface area contributed by atoms with Gasteiger partial charge in [0.15, 0.2) is 0 Å². The van der Waals surface area contributed by atoms with Crippen LogP contribution < -0.4 is 5.73 Å². The summed E-state index contributed by atoms with van der Waals surface area (Å²) in [7, 11) is 0. The molecule has 2 aromatic rings. The van der Waals surface area contributed by atoms with Gasteiger partial charge in [-0.05, 0) is 30.7 Å². The van der Waals surface area contributed by atoms with Crippen LogP contribution in [-0.4, -0.2) is 9.78 Å². The molecule has 0 saturated heterocycles. The van der Waals surface area contributed by atoms with E-state index in [1.807, 2.05) is 22.9 Å². The summed E-state index contributed by atoms with van der Waals surface area (Å²) in [6.45, 7) is 3.01. The quantitative estimate of drug-likeness (QED) is 0.831. The molecule has 0 bridgehead atoms. The molecule has 1 aromatic heterocycles. The fourth-order valence-electron chi connectivity index (χ4n) is 1.69. The zero-order chi connectivity index (χ0) is 11.5. The average molecular weight is 236 g/mol. The van der Waals surface area contributed by atoms with Crippen molar-refractivity contribution in [2.45, 2.75) is 19.9 Å². The van der Waals surface area contributed by atoms with Crippen molar-refractivity contribution in [3.63, 3.8) is 0 Å². The molecule has 0 unspecified atom stereocenters. The maximum absolute atomic E-state index is 6.17. The van der Waals surface area contributed by atoms with E-state index in [9.17, 15) is 0 Å². The van der Waals surface area contributed by atoms with E-state index in [1.165, 1.54) is 0 Å². The van der Waals surface area contributed by atoms with Crippen LogP contribution in [0.2, 0.25) is 5.02 Å². The van der Waals surface area contributed by atoms with Gasteiger partial charge in [0.25, 0.3) is 0 Å². The van der Waals surface area contributed by atoms with Gasteiger partial charge in [0.05, 0.1) is 10.7 Å². The van der Waals surface area contributed by atoms with Crippen LogP contribution in [0, 0.1) is 0 Å². The van der Waals surface area contributed by atoms with Crippen LogP contribution in [0.4, 0.5) is 5.69 Å². The van der Waals surface area contributed by atoms with Crippen LogP contribution in [-0.2, 0) is 6.54 Å². The van der Waals surface area contributed by atoms with Crippen molar-refractivity contribution in [2.75, 3.05) is 5.73 Å². The second-order valence-electron chi connectivity index (χ2n) is 3.68. The number of halogens is 1. The first-order chi connectivity index (χ1) is 7.72. The van der Waals surface area contributed by atoms with Crippen molar-refractivity contribution in [3.05, 3.63) is 35.5 Å². The Kier molecular flexibility index (Phi) is 3.15. The number of aryl methyl sites for hydroxylation is 1. The summed E-state index contributed by atoms with van der Waals surface area (Å²) in [5.41, 5.74) is 8.35. The molecule has 0 saturated carbocycles. The molecule has 1 aromatic carbocycles. The monoisotopic (exact) mass is 235 g/mol. The predicted molar refractivity (Wildman–Crippen MR) is 67.4 cm³/mol. The van der Waals surface area contributed by atoms with Crippen LogP contribution in [0.15, 0.2) is 30.5 Å². The summed E-state index contributed by atoms with van der Waals surface area (Å²) < 4.78 is 1.96. The normalized spacial score (nSPS) is 10.6. The fourth-order valence-corrected chi connectivity index (χ4v) is 1.98. The molecule has 0 spiro atoms. The van der Waals surface area contributed by atoms with E-state index in [2.05, 4.69) is 12.0 Å². The molecule has 1 heterocycles. The summed E-state index contributed by atoms with van der Waals surface area (Å²) in [6.07, 6.45) is 2.83. The predicted octanol–water partition coefficient (Wildman–Crippen LogP) is 3.20. The number of nitrogens with zero attached hydrogens (tertiary/aromatic N) is 2. The van der Waals surface area contributed by atoms with Crippen LogP contribution in [0.5, 0.6) is 0 Å². The van der Waals surface area contributed by atoms with E-state index in [4.69, 9.17) is 17.3 Å². The first-order valence-electron chi connectivity index (χ1n) is 5.29. The second-order valence-corrected chi connectivity index (χ2v) is 4.09. The zero-order valence-electron chi connectivity index (χ0n) is 9.15. The number of rotatable bonds is 3. The van der Waals surface area contributed by atoms with E-state index in [0.29, 0.717) is 10.7 Å². The first kappa shape index (κ1) is 11.0. The Morgan fingerprint density at radius 2 is 2.19 bits per heavy atom. The Balaban J connectivity index is 2.46. The molecule has 0 fully saturated rings. The number of hydrogen-bond acceptors (Lipinski definition) is 2. The van der Waals surface area contributed by atoms with Gasteiger partial charge in [-0.1, -0.05) is 18.5 Å². The standard InChI is InChI=1S/C12H14ClN3/c1-2-7-16-12(5-6-15-16)10-4-3-9(14)8-11(10)13/h3-6,8H,2,7,14H2,1H3. The second kappa shape index (κ2) is 4.58. The Hall–Kier alpha value is -1.48. The molecule has 0 aliphatic heterocycles. The number of nitrogens with two attached hydrogens (primary N) is 1. The molecule has 0 radical (unpaired) electrons. The van der Waals surface area contributed by atoms with Crippen LogP contribution >= 0.6 is 11.6 Å². The van der Waals surface area contributed by atoms with Crippen molar-refractivity contribution in [3.8, 4) is 11.3 Å². The molecule has 0 amide bonds. The van der Waals surface area contributed by atoms with Crippen LogP contribution in [0.1, 0.15) is 13.3 Å². The van der Waals surface area contributed by atoms with E-state index < -0.39 is 0 Å². The third-order valence-corrected chi connectivity index (χ3v) is 2.73. The summed E-state index contributed by atoms with van der Waals surface area (Å²) in [5.74, 6) is 0. The third-order valence-electron chi connectivity index (χ3n) is 2.42. The van der Waals surface area contributed by atoms with Gasteiger partial charge in [0, 0.05) is 24.0 Å². The number of hydrogen-bond donors (Lipinski definition) is 1. The molecule has 2 N–H and O–H groups in total. The molecule has 4 heteroatoms. The lowest BCUT2D eigenvalue weighted by Crippen LogP contribution is -2.01. The highest BCUT2D eigenvalue weighted by atomic mass is 35.5. The van der Waals surface area contributed by atoms with E-state index >= 15 is 0 Å². The molecule has 0 aliphatic carbocycles. The van der Waals surface area contributed by atoms with Gasteiger partial charge in [-0.2, -0.15) is 5.10 Å². The average Bonchev–Trinajstić information content (AvgIpc) is 2.67. The van der Waals surface area contributed by atoms with Gasteiger partial charge >= 0.3 is 0 Å². The number of aromatic nitrogens is 2. The van der Waals surface area contributed by atoms with Crippen molar-refractivity contribution in [1.29, 1.82) is 0 Å². The molecular formula is C12H14ClN3. The van der Waals surface area contributed by atoms with Gasteiger partial charge in [0.2, 0.25) is 0 Å². The van der Waals surface area contributed by atoms with Gasteiger partial charge in [0.1, 0.15) is 0 Å². The molecule has 84 valence electrons. The van der Waals surface area contributed by atoms with Crippen molar-refractivity contribution in [2.24, 2.45) is 0 Å². The summed E-state index contributed by atoms with van der Waals surface area (Å²) in [5, 5.41) is 4.94. The highest BCUT2D eigenvalue weighted by Crippen LogP contribution is 2.29. The van der Waals surface area contributed by atoms with Gasteiger partial charge in [-0.25, -0.2) is 0 Å². The van der Waals surface area contributed by atoms with Crippen molar-refractivity contribution in [1.82, 2.24) is 9.78 Å². The molecule has 0 aliphatic rings. The minimum atomic E-state index is 0.665. The highest BCUT2D eigenvalue weighted by molar-refractivity contribution is 6.33. The summed E-state index contributed by atoms with van der Waals surface area (Å²) in [6, 6.07) is 7.51. The Bertz CT molecular complexity index is 491. The number of anilines is 1. The van der Waals surface area contributed by atoms with Crippen molar-refractivity contribution >= 4 is 17.3 Å². The lowest BCUT2D eigenvalue weighted by molar-refractivity contribution is 0.609. The van der Waals surface area contributed by atoms with Gasteiger partial charge in [-0.15, -0.1) is 0 Å². The van der Waals surface area contributed by atoms with Gasteiger partial charge in [-0.3, -0.25) is 4.68 Å². The van der Waals surface area contributed by atoms with E-state index in [1.54, 1.807) is 12.3 Å². The number of nitrogen functional groups attached to an aromatic ring is 1. The third kappa shape index (κ3) is 2.04. The fraction of sp³-hybridized carbons (Fsp3) is 0.250. The maximum Gasteiger partial charge on any atom is 0.0697 e. The lowest BCUT2D eigenvalue weighted by Gasteiger charge is -2.08. The molecule has 0 atom stereocenters. The van der Waals surface area contributed by atoms with Gasteiger partial charge < -0.3 is 5.73 Å². The Labute approximate surface area is 99.8 Å². The Morgan fingerprint density at radius 3 is 2.88 bits per heavy atom. The van der Waals surface area contributed by atoms with E-state index in [-0.39, 0.29) is 0 Å². The van der Waals surface area contributed by atoms with Crippen LogP contribution in [0.25, 0.3) is 11.3 Å². The molecule has 3 nitrogen and oxygen atoms in total. The SMILES string of the molecule is CCCn1nccc1-c1ccc(N)cc1Cl. The van der Waals surface area contributed by atoms with Crippen molar-refractivity contribution < 1.29 is 0 Å². The summed E-state index contributed by atoms with van der Waals surface area (Å²) >= 11 is 6.17. The van der Waals surface area contributed by atoms with Crippen LogP contribution in [0.3, 0.4) is 0 Å². The summed E-state index contributed by atoms with van der Waals surface area (Å²) in [4.78, 5) is 0. The first-order valence-corrected chi connectivity index (χ1v) is 5.67. The topological polar surface area (TPSA) is 43.8 Å². The maximum atomic E-state index is 6.17. The molecule has 16 heavy (non-hydrogen) atoms.